The van der Waals surface area contributed by atoms with E-state index in [1.807, 2.05) is 19.1 Å². The number of aliphatic imine (C=N–C) groups is 1. The van der Waals surface area contributed by atoms with Crippen molar-refractivity contribution in [1.29, 1.82) is 0 Å². The maximum atomic E-state index is 12.0. The molecule has 1 aliphatic carbocycles. The highest BCUT2D eigenvalue weighted by Gasteiger charge is 2.22. The third-order valence-electron chi connectivity index (χ3n) is 3.30. The van der Waals surface area contributed by atoms with Gasteiger partial charge in [0.25, 0.3) is 5.91 Å². The van der Waals surface area contributed by atoms with E-state index in [1.165, 1.54) is 0 Å². The summed E-state index contributed by atoms with van der Waals surface area (Å²) in [6.07, 6.45) is 2.32. The lowest BCUT2D eigenvalue weighted by Crippen LogP contribution is -2.36. The number of allylic oxidation sites excluding steroid dienone is 2. The van der Waals surface area contributed by atoms with Crippen LogP contribution in [0.3, 0.4) is 0 Å². The first-order valence-corrected chi connectivity index (χ1v) is 7.31. The Kier molecular flexibility index (Phi) is 5.30. The van der Waals surface area contributed by atoms with Gasteiger partial charge in [-0.25, -0.2) is 9.79 Å². The number of nitrogens with one attached hydrogen (secondary N) is 1. The van der Waals surface area contributed by atoms with Gasteiger partial charge in [-0.05, 0) is 31.6 Å². The molecule has 6 nitrogen and oxygen atoms in total. The van der Waals surface area contributed by atoms with Crippen LogP contribution >= 0.6 is 0 Å². The summed E-state index contributed by atoms with van der Waals surface area (Å²) >= 11 is 0. The number of hydrogen-bond acceptors (Lipinski definition) is 4. The van der Waals surface area contributed by atoms with Gasteiger partial charge in [0, 0.05) is 12.0 Å². The Labute approximate surface area is 134 Å². The van der Waals surface area contributed by atoms with Crippen molar-refractivity contribution in [3.05, 3.63) is 58.8 Å². The predicted molar refractivity (Wildman–Crippen MR) is 87.6 cm³/mol. The molecule has 1 aromatic rings. The molecule has 1 aliphatic rings. The topological polar surface area (TPSA) is 93.8 Å². The summed E-state index contributed by atoms with van der Waals surface area (Å²) in [6.45, 7) is 3.86. The van der Waals surface area contributed by atoms with Gasteiger partial charge in [0.1, 0.15) is 0 Å². The summed E-state index contributed by atoms with van der Waals surface area (Å²) in [5.74, 6) is -0.836. The molecule has 1 amide bonds. The number of benzene rings is 1. The summed E-state index contributed by atoms with van der Waals surface area (Å²) in [5, 5.41) is 2.51. The predicted octanol–water partition coefficient (Wildman–Crippen LogP) is 1.90. The monoisotopic (exact) mass is 313 g/mol. The second kappa shape index (κ2) is 7.40. The van der Waals surface area contributed by atoms with Gasteiger partial charge in [0.2, 0.25) is 5.96 Å². The molecule has 0 aliphatic heterocycles. The van der Waals surface area contributed by atoms with Crippen molar-refractivity contribution in [3.8, 4) is 0 Å². The van der Waals surface area contributed by atoms with E-state index >= 15 is 0 Å². The largest absolute Gasteiger partial charge is 0.463 e. The Hall–Kier alpha value is -2.89. The van der Waals surface area contributed by atoms with E-state index in [-0.39, 0.29) is 11.9 Å². The van der Waals surface area contributed by atoms with Crippen molar-refractivity contribution in [2.75, 3.05) is 6.61 Å². The lowest BCUT2D eigenvalue weighted by Gasteiger charge is -2.08. The highest BCUT2D eigenvalue weighted by atomic mass is 16.5. The van der Waals surface area contributed by atoms with Crippen LogP contribution in [0, 0.1) is 0 Å². The van der Waals surface area contributed by atoms with Gasteiger partial charge >= 0.3 is 5.97 Å². The molecule has 23 heavy (non-hydrogen) atoms. The second-order valence-electron chi connectivity index (χ2n) is 4.96. The zero-order chi connectivity index (χ0) is 16.8. The first-order chi connectivity index (χ1) is 11.0. The minimum absolute atomic E-state index is 0.0645. The summed E-state index contributed by atoms with van der Waals surface area (Å²) in [5.41, 5.74) is 7.99. The highest BCUT2D eigenvalue weighted by Crippen LogP contribution is 2.27. The SMILES string of the molecule is CCOC(=O)C1=C(N=C(N)NC(=O)c2ccccc2)C(C)=CC1. The molecule has 0 radical (unpaired) electrons. The first-order valence-electron chi connectivity index (χ1n) is 7.31. The first kappa shape index (κ1) is 16.5. The van der Waals surface area contributed by atoms with Crippen molar-refractivity contribution < 1.29 is 14.3 Å². The highest BCUT2D eigenvalue weighted by molar-refractivity contribution is 6.05. The standard InChI is InChI=1S/C17H19N3O3/c1-3-23-16(22)13-10-9-11(2)14(13)19-17(18)20-15(21)12-7-5-4-6-8-12/h4-9H,3,10H2,1-2H3,(H3,18,19,20,21). The lowest BCUT2D eigenvalue weighted by molar-refractivity contribution is -0.138. The van der Waals surface area contributed by atoms with Crippen molar-refractivity contribution in [2.24, 2.45) is 10.7 Å². The van der Waals surface area contributed by atoms with Crippen LogP contribution in [-0.4, -0.2) is 24.4 Å². The van der Waals surface area contributed by atoms with E-state index in [2.05, 4.69) is 10.3 Å². The molecule has 0 atom stereocenters. The van der Waals surface area contributed by atoms with E-state index in [0.29, 0.717) is 29.9 Å². The molecular formula is C17H19N3O3. The molecule has 0 bridgehead atoms. The van der Waals surface area contributed by atoms with Gasteiger partial charge in [0.05, 0.1) is 17.9 Å². The number of carbonyl (C=O) groups is 2. The molecule has 3 N–H and O–H groups in total. The number of nitrogens with two attached hydrogens (primary N) is 1. The Morgan fingerprint density at radius 1 is 1.30 bits per heavy atom. The molecule has 0 unspecified atom stereocenters. The Balaban J connectivity index is 2.18. The van der Waals surface area contributed by atoms with Gasteiger partial charge in [-0.1, -0.05) is 24.3 Å². The molecule has 0 aromatic heterocycles. The normalized spacial score (nSPS) is 14.5. The molecule has 0 spiro atoms. The molecule has 2 rings (SSSR count). The maximum absolute atomic E-state index is 12.0. The summed E-state index contributed by atoms with van der Waals surface area (Å²) in [4.78, 5) is 28.1. The number of ether oxygens (including phenoxy) is 1. The Morgan fingerprint density at radius 3 is 2.65 bits per heavy atom. The second-order valence-corrected chi connectivity index (χ2v) is 4.96. The van der Waals surface area contributed by atoms with Gasteiger partial charge < -0.3 is 10.5 Å². The number of carbonyl (C=O) groups excluding carboxylic acids is 2. The van der Waals surface area contributed by atoms with E-state index < -0.39 is 5.97 Å². The fourth-order valence-electron chi connectivity index (χ4n) is 2.17. The summed E-state index contributed by atoms with van der Waals surface area (Å²) in [6, 6.07) is 8.68. The van der Waals surface area contributed by atoms with Gasteiger partial charge in [-0.3, -0.25) is 10.1 Å². The molecule has 0 heterocycles. The average molecular weight is 313 g/mol. The number of nitrogens with zero attached hydrogens (tertiary/aromatic N) is 1. The van der Waals surface area contributed by atoms with Crippen LogP contribution in [-0.2, 0) is 9.53 Å². The van der Waals surface area contributed by atoms with Crippen LogP contribution in [0.15, 0.2) is 58.2 Å². The van der Waals surface area contributed by atoms with Gasteiger partial charge in [0.15, 0.2) is 0 Å². The number of guanidine groups is 1. The minimum atomic E-state index is -0.415. The number of hydrogen-bond donors (Lipinski definition) is 2. The fraction of sp³-hybridized carbons (Fsp3) is 0.235. The number of rotatable bonds is 4. The van der Waals surface area contributed by atoms with Crippen LogP contribution in [0.25, 0.3) is 0 Å². The van der Waals surface area contributed by atoms with Crippen molar-refractivity contribution in [2.45, 2.75) is 20.3 Å². The lowest BCUT2D eigenvalue weighted by atomic mass is 10.2. The van der Waals surface area contributed by atoms with E-state index in [9.17, 15) is 9.59 Å². The fourth-order valence-corrected chi connectivity index (χ4v) is 2.17. The number of esters is 1. The Morgan fingerprint density at radius 2 is 2.00 bits per heavy atom. The third kappa shape index (κ3) is 4.06. The molecule has 0 saturated carbocycles. The molecule has 120 valence electrons. The zero-order valence-corrected chi connectivity index (χ0v) is 13.1. The van der Waals surface area contributed by atoms with Crippen molar-refractivity contribution >= 4 is 17.8 Å². The minimum Gasteiger partial charge on any atom is -0.463 e. The zero-order valence-electron chi connectivity index (χ0n) is 13.1. The van der Waals surface area contributed by atoms with Gasteiger partial charge in [-0.2, -0.15) is 0 Å². The van der Waals surface area contributed by atoms with Crippen molar-refractivity contribution in [3.63, 3.8) is 0 Å². The summed E-state index contributed by atoms with van der Waals surface area (Å²) in [7, 11) is 0. The van der Waals surface area contributed by atoms with E-state index in [1.54, 1.807) is 31.2 Å². The maximum Gasteiger partial charge on any atom is 0.336 e. The van der Waals surface area contributed by atoms with Crippen molar-refractivity contribution in [1.82, 2.24) is 5.32 Å². The Bertz CT molecular complexity index is 703. The number of amides is 1. The molecule has 6 heteroatoms. The smallest absolute Gasteiger partial charge is 0.336 e. The third-order valence-corrected chi connectivity index (χ3v) is 3.30. The van der Waals surface area contributed by atoms with Crippen LogP contribution in [0.5, 0.6) is 0 Å². The van der Waals surface area contributed by atoms with Crippen LogP contribution in [0.4, 0.5) is 0 Å². The molecular weight excluding hydrogens is 294 g/mol. The van der Waals surface area contributed by atoms with E-state index in [0.717, 1.165) is 5.57 Å². The summed E-state index contributed by atoms with van der Waals surface area (Å²) < 4.78 is 5.01. The van der Waals surface area contributed by atoms with Crippen LogP contribution in [0.1, 0.15) is 30.6 Å². The van der Waals surface area contributed by atoms with Gasteiger partial charge in [-0.15, -0.1) is 0 Å². The molecule has 0 fully saturated rings. The quantitative estimate of drug-likeness (QED) is 0.504. The van der Waals surface area contributed by atoms with Crippen LogP contribution < -0.4 is 11.1 Å². The van der Waals surface area contributed by atoms with E-state index in [4.69, 9.17) is 10.5 Å². The average Bonchev–Trinajstić information content (AvgIpc) is 2.89. The molecule has 0 saturated heterocycles. The molecule has 1 aromatic carbocycles. The van der Waals surface area contributed by atoms with Crippen LogP contribution in [0.2, 0.25) is 0 Å².